The second kappa shape index (κ2) is 8.99. The normalized spacial score (nSPS) is 10.7. The molecule has 0 aliphatic heterocycles. The quantitative estimate of drug-likeness (QED) is 0.362. The molecule has 34 heavy (non-hydrogen) atoms. The maximum absolute atomic E-state index is 12.8. The van der Waals surface area contributed by atoms with Crippen LogP contribution in [-0.2, 0) is 0 Å². The van der Waals surface area contributed by atoms with Gasteiger partial charge in [0.1, 0.15) is 5.75 Å². The van der Waals surface area contributed by atoms with Gasteiger partial charge in [0.05, 0.1) is 11.3 Å². The molecule has 7 nitrogen and oxygen atoms in total. The zero-order valence-corrected chi connectivity index (χ0v) is 18.4. The van der Waals surface area contributed by atoms with E-state index in [0.29, 0.717) is 34.1 Å². The first-order valence-corrected chi connectivity index (χ1v) is 10.7. The highest BCUT2D eigenvalue weighted by Crippen LogP contribution is 2.38. The fourth-order valence-corrected chi connectivity index (χ4v) is 3.76. The van der Waals surface area contributed by atoms with Crippen LogP contribution in [0, 0.1) is 6.92 Å². The van der Waals surface area contributed by atoms with E-state index in [-0.39, 0.29) is 11.9 Å². The van der Waals surface area contributed by atoms with E-state index in [1.165, 1.54) is 0 Å². The Morgan fingerprint density at radius 1 is 0.853 bits per heavy atom. The molecule has 0 spiro atoms. The maximum Gasteiger partial charge on any atom is 0.255 e. The molecule has 0 aliphatic rings. The summed E-state index contributed by atoms with van der Waals surface area (Å²) in [4.78, 5) is 25.5. The summed E-state index contributed by atoms with van der Waals surface area (Å²) in [5.74, 6) is 1.04. The average molecular weight is 447 g/mol. The number of carbonyl (C=O) groups is 1. The van der Waals surface area contributed by atoms with Crippen molar-refractivity contribution in [3.05, 3.63) is 102 Å². The van der Waals surface area contributed by atoms with Crippen molar-refractivity contribution in [2.75, 3.05) is 11.1 Å². The Kier molecular flexibility index (Phi) is 5.58. The standard InChI is InChI=1S/C27H21N5O2/c1-17-12-13-19-20(9-5-11-22(19)31-25(33)18-7-3-2-4-8-18)24(17)34-26-21(10-6-15-29-26)23-14-16-30-27(28)32-23/h2-16H,1H3,(H,31,33)(H2,28,30,32). The summed E-state index contributed by atoms with van der Waals surface area (Å²) >= 11 is 0. The van der Waals surface area contributed by atoms with Crippen molar-refractivity contribution in [2.24, 2.45) is 0 Å². The molecule has 1 amide bonds. The minimum atomic E-state index is -0.176. The van der Waals surface area contributed by atoms with E-state index in [4.69, 9.17) is 10.5 Å². The van der Waals surface area contributed by atoms with Crippen molar-refractivity contribution in [2.45, 2.75) is 6.92 Å². The Morgan fingerprint density at radius 3 is 2.53 bits per heavy atom. The Labute approximate surface area is 196 Å². The highest BCUT2D eigenvalue weighted by atomic mass is 16.5. The van der Waals surface area contributed by atoms with Crippen LogP contribution in [0.2, 0.25) is 0 Å². The van der Waals surface area contributed by atoms with Gasteiger partial charge in [0.25, 0.3) is 5.91 Å². The SMILES string of the molecule is Cc1ccc2c(NC(=O)c3ccccc3)cccc2c1Oc1ncccc1-c1ccnc(N)n1. The van der Waals surface area contributed by atoms with Gasteiger partial charge in [-0.3, -0.25) is 4.79 Å². The Bertz CT molecular complexity index is 1500. The molecule has 7 heteroatoms. The van der Waals surface area contributed by atoms with E-state index < -0.39 is 0 Å². The molecule has 2 heterocycles. The number of fused-ring (bicyclic) bond motifs is 1. The predicted octanol–water partition coefficient (Wildman–Crippen LogP) is 5.63. The van der Waals surface area contributed by atoms with Crippen LogP contribution in [0.5, 0.6) is 11.6 Å². The van der Waals surface area contributed by atoms with Crippen molar-refractivity contribution < 1.29 is 9.53 Å². The minimum Gasteiger partial charge on any atom is -0.437 e. The number of aromatic nitrogens is 3. The molecule has 2 aromatic heterocycles. The summed E-state index contributed by atoms with van der Waals surface area (Å²) in [6, 6.07) is 24.2. The van der Waals surface area contributed by atoms with E-state index in [9.17, 15) is 4.79 Å². The minimum absolute atomic E-state index is 0.174. The summed E-state index contributed by atoms with van der Waals surface area (Å²) in [5, 5.41) is 4.72. The monoisotopic (exact) mass is 447 g/mol. The number of amides is 1. The molecule has 0 bridgehead atoms. The zero-order valence-electron chi connectivity index (χ0n) is 18.4. The van der Waals surface area contributed by atoms with Crippen molar-refractivity contribution in [1.29, 1.82) is 0 Å². The van der Waals surface area contributed by atoms with E-state index in [1.807, 2.05) is 67.6 Å². The van der Waals surface area contributed by atoms with Gasteiger partial charge in [-0.25, -0.2) is 15.0 Å². The molecular formula is C27H21N5O2. The van der Waals surface area contributed by atoms with Crippen LogP contribution in [0.3, 0.4) is 0 Å². The number of anilines is 2. The number of ether oxygens (including phenoxy) is 1. The van der Waals surface area contributed by atoms with Crippen LogP contribution >= 0.6 is 0 Å². The third-order valence-electron chi connectivity index (χ3n) is 5.41. The summed E-state index contributed by atoms with van der Waals surface area (Å²) < 4.78 is 6.37. The Balaban J connectivity index is 1.55. The molecule has 0 radical (unpaired) electrons. The van der Waals surface area contributed by atoms with Gasteiger partial charge in [-0.15, -0.1) is 0 Å². The van der Waals surface area contributed by atoms with Gasteiger partial charge in [0.15, 0.2) is 0 Å². The lowest BCUT2D eigenvalue weighted by atomic mass is 10.0. The van der Waals surface area contributed by atoms with E-state index >= 15 is 0 Å². The third-order valence-corrected chi connectivity index (χ3v) is 5.41. The van der Waals surface area contributed by atoms with E-state index in [0.717, 1.165) is 16.3 Å². The first-order valence-electron chi connectivity index (χ1n) is 10.7. The number of nitrogens with two attached hydrogens (primary N) is 1. The molecule has 3 aromatic carbocycles. The second-order valence-corrected chi connectivity index (χ2v) is 7.69. The van der Waals surface area contributed by atoms with Crippen LogP contribution in [0.1, 0.15) is 15.9 Å². The van der Waals surface area contributed by atoms with Gasteiger partial charge in [-0.2, -0.15) is 0 Å². The number of benzene rings is 3. The summed E-state index contributed by atoms with van der Waals surface area (Å²) in [6.07, 6.45) is 3.26. The van der Waals surface area contributed by atoms with Crippen molar-refractivity contribution >= 4 is 28.3 Å². The van der Waals surface area contributed by atoms with Gasteiger partial charge in [0, 0.05) is 34.4 Å². The molecule has 3 N–H and O–H groups in total. The van der Waals surface area contributed by atoms with Crippen molar-refractivity contribution in [3.63, 3.8) is 0 Å². The summed E-state index contributed by atoms with van der Waals surface area (Å²) in [6.45, 7) is 1.97. The average Bonchev–Trinajstić information content (AvgIpc) is 2.86. The summed E-state index contributed by atoms with van der Waals surface area (Å²) in [5.41, 5.74) is 9.30. The lowest BCUT2D eigenvalue weighted by Gasteiger charge is -2.16. The van der Waals surface area contributed by atoms with Crippen LogP contribution in [0.4, 0.5) is 11.6 Å². The molecule has 0 unspecified atom stereocenters. The first kappa shape index (κ1) is 21.1. The zero-order chi connectivity index (χ0) is 23.5. The first-order chi connectivity index (χ1) is 16.6. The molecule has 166 valence electrons. The number of nitrogen functional groups attached to an aromatic ring is 1. The lowest BCUT2D eigenvalue weighted by Crippen LogP contribution is -2.11. The number of rotatable bonds is 5. The highest BCUT2D eigenvalue weighted by molar-refractivity contribution is 6.10. The number of hydrogen-bond acceptors (Lipinski definition) is 6. The predicted molar refractivity (Wildman–Crippen MR) is 133 cm³/mol. The lowest BCUT2D eigenvalue weighted by molar-refractivity contribution is 0.102. The van der Waals surface area contributed by atoms with Crippen molar-refractivity contribution in [3.8, 4) is 22.9 Å². The number of nitrogens with one attached hydrogen (secondary N) is 1. The smallest absolute Gasteiger partial charge is 0.255 e. The Morgan fingerprint density at radius 2 is 1.71 bits per heavy atom. The maximum atomic E-state index is 12.8. The van der Waals surface area contributed by atoms with Gasteiger partial charge in [-0.05, 0) is 48.9 Å². The van der Waals surface area contributed by atoms with E-state index in [2.05, 4.69) is 20.3 Å². The van der Waals surface area contributed by atoms with Crippen LogP contribution in [0.15, 0.2) is 91.3 Å². The molecule has 5 rings (SSSR count). The molecule has 5 aromatic rings. The number of pyridine rings is 1. The molecule has 0 atom stereocenters. The number of aryl methyl sites for hydroxylation is 1. The number of hydrogen-bond donors (Lipinski definition) is 2. The largest absolute Gasteiger partial charge is 0.437 e. The van der Waals surface area contributed by atoms with Crippen LogP contribution < -0.4 is 15.8 Å². The molecule has 0 saturated carbocycles. The molecule has 0 fully saturated rings. The number of nitrogens with zero attached hydrogens (tertiary/aromatic N) is 3. The second-order valence-electron chi connectivity index (χ2n) is 7.69. The van der Waals surface area contributed by atoms with Crippen LogP contribution in [-0.4, -0.2) is 20.9 Å². The van der Waals surface area contributed by atoms with Gasteiger partial charge >= 0.3 is 0 Å². The van der Waals surface area contributed by atoms with Crippen molar-refractivity contribution in [1.82, 2.24) is 15.0 Å². The van der Waals surface area contributed by atoms with Gasteiger partial charge in [0.2, 0.25) is 11.8 Å². The molecule has 0 aliphatic carbocycles. The third kappa shape index (κ3) is 4.14. The fourth-order valence-electron chi connectivity index (χ4n) is 3.76. The van der Waals surface area contributed by atoms with Crippen LogP contribution in [0.25, 0.3) is 22.0 Å². The summed E-state index contributed by atoms with van der Waals surface area (Å²) in [7, 11) is 0. The molecular weight excluding hydrogens is 426 g/mol. The topological polar surface area (TPSA) is 103 Å². The fraction of sp³-hybridized carbons (Fsp3) is 0.0370. The van der Waals surface area contributed by atoms with Gasteiger partial charge < -0.3 is 15.8 Å². The number of carbonyl (C=O) groups excluding carboxylic acids is 1. The van der Waals surface area contributed by atoms with Gasteiger partial charge in [-0.1, -0.05) is 42.5 Å². The highest BCUT2D eigenvalue weighted by Gasteiger charge is 2.16. The molecule has 0 saturated heterocycles. The Hall–Kier alpha value is -4.78. The van der Waals surface area contributed by atoms with E-state index in [1.54, 1.807) is 30.6 Å².